The zero-order chi connectivity index (χ0) is 15.2. The Hall–Kier alpha value is -1.82. The molecule has 0 saturated heterocycles. The molecule has 1 aliphatic carbocycles. The molecule has 1 fully saturated rings. The van der Waals surface area contributed by atoms with Gasteiger partial charge in [-0.1, -0.05) is 12.8 Å². The topological polar surface area (TPSA) is 70.6 Å². The maximum atomic E-state index is 13.4. The van der Waals surface area contributed by atoms with Gasteiger partial charge < -0.3 is 20.5 Å². The van der Waals surface area contributed by atoms with Gasteiger partial charge in [0, 0.05) is 36.4 Å². The summed E-state index contributed by atoms with van der Waals surface area (Å²) in [6.07, 6.45) is 3.88. The van der Waals surface area contributed by atoms with Gasteiger partial charge in [0.25, 0.3) is 0 Å². The molecule has 0 radical (unpaired) electrons. The number of ether oxygens (including phenoxy) is 1. The second-order valence-corrected chi connectivity index (χ2v) is 5.31. The van der Waals surface area contributed by atoms with Crippen LogP contribution in [0, 0.1) is 11.7 Å². The first-order valence-electron chi connectivity index (χ1n) is 7.15. The number of carbonyl (C=O) groups excluding carboxylic acids is 1. The van der Waals surface area contributed by atoms with Crippen molar-refractivity contribution in [3.8, 4) is 5.75 Å². The van der Waals surface area contributed by atoms with E-state index in [0.29, 0.717) is 11.4 Å². The predicted molar refractivity (Wildman–Crippen MR) is 77.9 cm³/mol. The lowest BCUT2D eigenvalue weighted by Crippen LogP contribution is -2.45. The molecule has 0 spiro atoms. The Morgan fingerprint density at radius 2 is 2.14 bits per heavy atom. The van der Waals surface area contributed by atoms with Crippen LogP contribution in [0.3, 0.4) is 0 Å². The summed E-state index contributed by atoms with van der Waals surface area (Å²) in [7, 11) is 1.44. The van der Waals surface area contributed by atoms with Gasteiger partial charge in [0.2, 0.25) is 0 Å². The molecule has 2 rings (SSSR count). The number of aliphatic hydroxyl groups is 1. The van der Waals surface area contributed by atoms with Gasteiger partial charge in [-0.05, 0) is 18.9 Å². The van der Waals surface area contributed by atoms with Crippen molar-refractivity contribution >= 4 is 11.7 Å². The average Bonchev–Trinajstić information content (AvgIpc) is 2.47. The number of urea groups is 1. The number of hydrogen-bond donors (Lipinski definition) is 3. The van der Waals surface area contributed by atoms with E-state index in [0.717, 1.165) is 25.7 Å². The van der Waals surface area contributed by atoms with Crippen LogP contribution in [-0.4, -0.2) is 30.9 Å². The van der Waals surface area contributed by atoms with Gasteiger partial charge in [-0.15, -0.1) is 0 Å². The van der Waals surface area contributed by atoms with Gasteiger partial charge >= 0.3 is 6.03 Å². The van der Waals surface area contributed by atoms with Crippen LogP contribution < -0.4 is 15.4 Å². The number of amides is 2. The summed E-state index contributed by atoms with van der Waals surface area (Å²) in [6.45, 7) is 0.0682. The minimum absolute atomic E-state index is 0.0424. The minimum atomic E-state index is -0.476. The van der Waals surface area contributed by atoms with Gasteiger partial charge in [-0.25, -0.2) is 9.18 Å². The van der Waals surface area contributed by atoms with Crippen LogP contribution in [-0.2, 0) is 0 Å². The van der Waals surface area contributed by atoms with Crippen LogP contribution in [0.2, 0.25) is 0 Å². The van der Waals surface area contributed by atoms with Gasteiger partial charge in [-0.3, -0.25) is 0 Å². The Morgan fingerprint density at radius 3 is 2.86 bits per heavy atom. The quantitative estimate of drug-likeness (QED) is 0.799. The Kier molecular flexibility index (Phi) is 5.38. The smallest absolute Gasteiger partial charge is 0.319 e. The second kappa shape index (κ2) is 7.26. The molecular formula is C15H21FN2O3. The van der Waals surface area contributed by atoms with E-state index in [1.807, 2.05) is 0 Å². The standard InChI is InChI=1S/C15H21FN2O3/c1-21-13-7-11(16)6-12(8-13)17-15(20)18-14-5-3-2-4-10(14)9-19/h6-8,10,14,19H,2-5,9H2,1H3,(H2,17,18,20). The van der Waals surface area contributed by atoms with Crippen LogP contribution in [0.4, 0.5) is 14.9 Å². The molecule has 116 valence electrons. The number of benzene rings is 1. The van der Waals surface area contributed by atoms with E-state index in [2.05, 4.69) is 10.6 Å². The molecule has 1 aromatic carbocycles. The highest BCUT2D eigenvalue weighted by atomic mass is 19.1. The van der Waals surface area contributed by atoms with E-state index in [-0.39, 0.29) is 18.6 Å². The molecule has 1 aromatic rings. The molecule has 0 aliphatic heterocycles. The van der Waals surface area contributed by atoms with Gasteiger partial charge in [0.05, 0.1) is 7.11 Å². The first-order chi connectivity index (χ1) is 10.1. The largest absolute Gasteiger partial charge is 0.497 e. The minimum Gasteiger partial charge on any atom is -0.497 e. The molecule has 0 aromatic heterocycles. The summed E-state index contributed by atoms with van der Waals surface area (Å²) >= 11 is 0. The van der Waals surface area contributed by atoms with Crippen molar-refractivity contribution in [2.45, 2.75) is 31.7 Å². The number of hydrogen-bond acceptors (Lipinski definition) is 3. The molecule has 5 nitrogen and oxygen atoms in total. The van der Waals surface area contributed by atoms with Crippen molar-refractivity contribution in [2.75, 3.05) is 19.0 Å². The van der Waals surface area contributed by atoms with Crippen LogP contribution in [0.25, 0.3) is 0 Å². The fourth-order valence-electron chi connectivity index (χ4n) is 2.70. The molecule has 2 unspecified atom stereocenters. The average molecular weight is 296 g/mol. The van der Waals surface area contributed by atoms with Crippen LogP contribution in [0.15, 0.2) is 18.2 Å². The van der Waals surface area contributed by atoms with Crippen LogP contribution in [0.5, 0.6) is 5.75 Å². The van der Waals surface area contributed by atoms with E-state index >= 15 is 0 Å². The number of halogens is 1. The van der Waals surface area contributed by atoms with Gasteiger partial charge in [-0.2, -0.15) is 0 Å². The van der Waals surface area contributed by atoms with Crippen molar-refractivity contribution in [3.05, 3.63) is 24.0 Å². The third-order valence-electron chi connectivity index (χ3n) is 3.82. The Balaban J connectivity index is 1.96. The monoisotopic (exact) mass is 296 g/mol. The van der Waals surface area contributed by atoms with Crippen molar-refractivity contribution < 1.29 is 19.0 Å². The predicted octanol–water partition coefficient (Wildman–Crippen LogP) is 2.51. The molecule has 0 heterocycles. The maximum absolute atomic E-state index is 13.4. The summed E-state index contributed by atoms with van der Waals surface area (Å²) < 4.78 is 18.3. The fraction of sp³-hybridized carbons (Fsp3) is 0.533. The summed E-state index contributed by atoms with van der Waals surface area (Å²) in [4.78, 5) is 12.0. The lowest BCUT2D eigenvalue weighted by molar-refractivity contribution is 0.156. The molecule has 0 bridgehead atoms. The number of nitrogens with one attached hydrogen (secondary N) is 2. The highest BCUT2D eigenvalue weighted by Crippen LogP contribution is 2.24. The van der Waals surface area contributed by atoms with E-state index in [1.54, 1.807) is 6.07 Å². The molecule has 1 saturated carbocycles. The number of methoxy groups -OCH3 is 1. The van der Waals surface area contributed by atoms with E-state index < -0.39 is 11.8 Å². The van der Waals surface area contributed by atoms with Crippen LogP contribution >= 0.6 is 0 Å². The molecule has 2 atom stereocenters. The lowest BCUT2D eigenvalue weighted by Gasteiger charge is -2.30. The number of anilines is 1. The second-order valence-electron chi connectivity index (χ2n) is 5.31. The normalized spacial score (nSPS) is 21.7. The summed E-state index contributed by atoms with van der Waals surface area (Å²) in [5.74, 6) is -0.0432. The third kappa shape index (κ3) is 4.32. The lowest BCUT2D eigenvalue weighted by atomic mass is 9.85. The molecule has 3 N–H and O–H groups in total. The Bertz CT molecular complexity index is 496. The third-order valence-corrected chi connectivity index (χ3v) is 3.82. The van der Waals surface area contributed by atoms with Crippen LogP contribution in [0.1, 0.15) is 25.7 Å². The van der Waals surface area contributed by atoms with Crippen molar-refractivity contribution in [1.82, 2.24) is 5.32 Å². The number of aliphatic hydroxyl groups excluding tert-OH is 1. The highest BCUT2D eigenvalue weighted by Gasteiger charge is 2.25. The maximum Gasteiger partial charge on any atom is 0.319 e. The van der Waals surface area contributed by atoms with Crippen molar-refractivity contribution in [1.29, 1.82) is 0 Å². The Labute approximate surface area is 123 Å². The molecule has 1 aliphatic rings. The van der Waals surface area contributed by atoms with E-state index in [1.165, 1.54) is 19.2 Å². The van der Waals surface area contributed by atoms with Crippen molar-refractivity contribution in [3.63, 3.8) is 0 Å². The van der Waals surface area contributed by atoms with Gasteiger partial charge in [0.1, 0.15) is 11.6 Å². The first-order valence-corrected chi connectivity index (χ1v) is 7.15. The molecular weight excluding hydrogens is 275 g/mol. The molecule has 2 amide bonds. The highest BCUT2D eigenvalue weighted by molar-refractivity contribution is 5.89. The molecule has 21 heavy (non-hydrogen) atoms. The zero-order valence-corrected chi connectivity index (χ0v) is 12.1. The van der Waals surface area contributed by atoms with E-state index in [9.17, 15) is 14.3 Å². The Morgan fingerprint density at radius 1 is 1.38 bits per heavy atom. The molecule has 6 heteroatoms. The van der Waals surface area contributed by atoms with Gasteiger partial charge in [0.15, 0.2) is 0 Å². The first kappa shape index (κ1) is 15.6. The number of carbonyl (C=O) groups is 1. The van der Waals surface area contributed by atoms with Crippen molar-refractivity contribution in [2.24, 2.45) is 5.92 Å². The zero-order valence-electron chi connectivity index (χ0n) is 12.1. The number of rotatable bonds is 4. The SMILES string of the molecule is COc1cc(F)cc(NC(=O)NC2CCCCC2CO)c1. The summed E-state index contributed by atoms with van der Waals surface area (Å²) in [5.41, 5.74) is 0.334. The summed E-state index contributed by atoms with van der Waals surface area (Å²) in [5, 5.41) is 14.8. The summed E-state index contributed by atoms with van der Waals surface area (Å²) in [6, 6.07) is 3.58. The van der Waals surface area contributed by atoms with E-state index in [4.69, 9.17) is 4.74 Å². The fourth-order valence-corrected chi connectivity index (χ4v) is 2.70.